The van der Waals surface area contributed by atoms with Crippen LogP contribution in [-0.4, -0.2) is 71.8 Å². The summed E-state index contributed by atoms with van der Waals surface area (Å²) in [4.78, 5) is 56.7. The predicted octanol–water partition coefficient (Wildman–Crippen LogP) is 4.20. The maximum atomic E-state index is 13.5. The molecule has 1 saturated carbocycles. The number of anilines is 2. The standard InChI is InChI=1S/C37H41N7O5S/c38-28(18-30-22-50-23-41-30)19-39-15-1-2-16-40-35(46)25-7-10-29(11-8-25)42-36(47)26-5-3-24(4-6-26)20-44(31-12-13-31)37(48)27-9-14-32-33(17-27)49-21-34(45)43-32/h3-11,14,17,22-23,28,31,39H,1-2,12-13,15-16,18-21,38H2,(H,40,46)(H,42,47)(H,43,45)/t28-/m0/s1. The molecular formula is C37H41N7O5S. The molecule has 2 heterocycles. The van der Waals surface area contributed by atoms with Crippen LogP contribution in [0.2, 0.25) is 0 Å². The fourth-order valence-corrected chi connectivity index (χ4v) is 6.21. The Balaban J connectivity index is 0.920. The molecule has 4 aromatic rings. The molecule has 1 aromatic heterocycles. The molecule has 0 spiro atoms. The Morgan fingerprint density at radius 2 is 1.68 bits per heavy atom. The average Bonchev–Trinajstić information content (AvgIpc) is 3.84. The molecular weight excluding hydrogens is 655 g/mol. The summed E-state index contributed by atoms with van der Waals surface area (Å²) in [7, 11) is 0. The number of hydrogen-bond donors (Lipinski definition) is 5. The van der Waals surface area contributed by atoms with Gasteiger partial charge in [-0.3, -0.25) is 19.2 Å². The van der Waals surface area contributed by atoms with Crippen molar-refractivity contribution in [3.05, 3.63) is 106 Å². The molecule has 4 amide bonds. The summed E-state index contributed by atoms with van der Waals surface area (Å²) in [6.45, 7) is 2.44. The molecule has 1 fully saturated rings. The van der Waals surface area contributed by atoms with Gasteiger partial charge in [-0.25, -0.2) is 4.98 Å². The summed E-state index contributed by atoms with van der Waals surface area (Å²) in [5.74, 6) is -0.289. The number of amides is 4. The van der Waals surface area contributed by atoms with Crippen LogP contribution in [0.3, 0.4) is 0 Å². The minimum Gasteiger partial charge on any atom is -0.482 e. The van der Waals surface area contributed by atoms with E-state index in [2.05, 4.69) is 26.3 Å². The lowest BCUT2D eigenvalue weighted by molar-refractivity contribution is -0.118. The summed E-state index contributed by atoms with van der Waals surface area (Å²) < 4.78 is 5.49. The van der Waals surface area contributed by atoms with Crippen molar-refractivity contribution in [2.75, 3.05) is 36.9 Å². The fourth-order valence-electron chi connectivity index (χ4n) is 5.64. The van der Waals surface area contributed by atoms with Gasteiger partial charge in [0.2, 0.25) is 0 Å². The molecule has 50 heavy (non-hydrogen) atoms. The van der Waals surface area contributed by atoms with Gasteiger partial charge in [-0.1, -0.05) is 12.1 Å². The number of nitrogens with one attached hydrogen (secondary N) is 4. The SMILES string of the molecule is N[C@H](CNCCCCNC(=O)c1ccc(NC(=O)c2ccc(CN(C(=O)c3ccc4c(c3)OCC(=O)N4)C3CC3)cc2)cc1)Cc1cscn1. The van der Waals surface area contributed by atoms with Crippen LogP contribution in [0.1, 0.15) is 68.0 Å². The second kappa shape index (κ2) is 16.5. The van der Waals surface area contributed by atoms with Crippen molar-refractivity contribution in [2.24, 2.45) is 5.73 Å². The van der Waals surface area contributed by atoms with Crippen LogP contribution in [0.25, 0.3) is 0 Å². The number of thiazole rings is 1. The third-order valence-electron chi connectivity index (χ3n) is 8.51. The maximum Gasteiger partial charge on any atom is 0.262 e. The Morgan fingerprint density at radius 1 is 0.960 bits per heavy atom. The van der Waals surface area contributed by atoms with Gasteiger partial charge in [0.1, 0.15) is 5.75 Å². The Bertz CT molecular complexity index is 1790. The Kier molecular flexibility index (Phi) is 11.5. The first-order valence-corrected chi connectivity index (χ1v) is 17.8. The number of nitrogens with zero attached hydrogens (tertiary/aromatic N) is 2. The normalized spacial score (nSPS) is 14.1. The molecule has 0 bridgehead atoms. The first-order chi connectivity index (χ1) is 24.3. The molecule has 13 heteroatoms. The van der Waals surface area contributed by atoms with Crippen molar-refractivity contribution in [1.29, 1.82) is 0 Å². The molecule has 2 aliphatic rings. The van der Waals surface area contributed by atoms with Crippen molar-refractivity contribution in [1.82, 2.24) is 20.5 Å². The molecule has 3 aromatic carbocycles. The summed E-state index contributed by atoms with van der Waals surface area (Å²) in [5, 5.41) is 13.9. The maximum absolute atomic E-state index is 13.5. The van der Waals surface area contributed by atoms with Crippen LogP contribution in [0.5, 0.6) is 5.75 Å². The van der Waals surface area contributed by atoms with E-state index in [9.17, 15) is 19.2 Å². The fraction of sp³-hybridized carbons (Fsp3) is 0.324. The molecule has 0 unspecified atom stereocenters. The molecule has 0 radical (unpaired) electrons. The highest BCUT2D eigenvalue weighted by molar-refractivity contribution is 7.07. The monoisotopic (exact) mass is 695 g/mol. The van der Waals surface area contributed by atoms with Gasteiger partial charge < -0.3 is 36.6 Å². The summed E-state index contributed by atoms with van der Waals surface area (Å²) >= 11 is 1.57. The van der Waals surface area contributed by atoms with Crippen molar-refractivity contribution in [2.45, 2.75) is 50.7 Å². The number of benzene rings is 3. The lowest BCUT2D eigenvalue weighted by Crippen LogP contribution is -2.36. The Labute approximate surface area is 294 Å². The van der Waals surface area contributed by atoms with Gasteiger partial charge in [-0.2, -0.15) is 0 Å². The highest BCUT2D eigenvalue weighted by Crippen LogP contribution is 2.33. The van der Waals surface area contributed by atoms with E-state index in [0.717, 1.165) is 56.5 Å². The van der Waals surface area contributed by atoms with Crippen LogP contribution < -0.4 is 31.7 Å². The van der Waals surface area contributed by atoms with Gasteiger partial charge in [0.05, 0.1) is 16.9 Å². The highest BCUT2D eigenvalue weighted by Gasteiger charge is 2.33. The number of carbonyl (C=O) groups is 4. The van der Waals surface area contributed by atoms with Gasteiger partial charge in [-0.15, -0.1) is 11.3 Å². The molecule has 1 atom stereocenters. The Hall–Kier alpha value is -5.11. The topological polar surface area (TPSA) is 168 Å². The van der Waals surface area contributed by atoms with E-state index < -0.39 is 0 Å². The number of rotatable bonds is 16. The van der Waals surface area contributed by atoms with E-state index in [0.29, 0.717) is 46.9 Å². The second-order valence-corrected chi connectivity index (χ2v) is 13.3. The second-order valence-electron chi connectivity index (χ2n) is 12.6. The number of aromatic nitrogens is 1. The minimum atomic E-state index is -0.275. The van der Waals surface area contributed by atoms with E-state index in [1.165, 1.54) is 0 Å². The van der Waals surface area contributed by atoms with Gasteiger partial charge in [0.25, 0.3) is 23.6 Å². The number of ether oxygens (including phenoxy) is 1. The van der Waals surface area contributed by atoms with Gasteiger partial charge in [0, 0.05) is 65.9 Å². The number of nitrogens with two attached hydrogens (primary N) is 1. The van der Waals surface area contributed by atoms with Crippen molar-refractivity contribution in [3.63, 3.8) is 0 Å². The number of fused-ring (bicyclic) bond motifs is 1. The van der Waals surface area contributed by atoms with Gasteiger partial charge in [0.15, 0.2) is 6.61 Å². The first kappa shape index (κ1) is 34.7. The number of hydrogen-bond acceptors (Lipinski definition) is 9. The predicted molar refractivity (Wildman–Crippen MR) is 193 cm³/mol. The lowest BCUT2D eigenvalue weighted by atomic mass is 10.1. The van der Waals surface area contributed by atoms with E-state index in [1.54, 1.807) is 65.9 Å². The van der Waals surface area contributed by atoms with Crippen molar-refractivity contribution >= 4 is 46.3 Å². The van der Waals surface area contributed by atoms with E-state index >= 15 is 0 Å². The highest BCUT2D eigenvalue weighted by atomic mass is 32.1. The third-order valence-corrected chi connectivity index (χ3v) is 9.15. The number of carbonyl (C=O) groups excluding carboxylic acids is 4. The minimum absolute atomic E-state index is 0.0227. The van der Waals surface area contributed by atoms with Crippen molar-refractivity contribution < 1.29 is 23.9 Å². The van der Waals surface area contributed by atoms with Crippen molar-refractivity contribution in [3.8, 4) is 5.75 Å². The number of unbranched alkanes of at least 4 members (excludes halogenated alkanes) is 1. The zero-order valence-corrected chi connectivity index (χ0v) is 28.5. The summed E-state index contributed by atoms with van der Waals surface area (Å²) in [6, 6.07) is 19.2. The van der Waals surface area contributed by atoms with Crippen LogP contribution in [0.15, 0.2) is 77.6 Å². The smallest absolute Gasteiger partial charge is 0.262 e. The average molecular weight is 696 g/mol. The van der Waals surface area contributed by atoms with Gasteiger partial charge >= 0.3 is 0 Å². The first-order valence-electron chi connectivity index (χ1n) is 16.8. The summed E-state index contributed by atoms with van der Waals surface area (Å²) in [5.41, 5.74) is 12.5. The molecule has 12 nitrogen and oxygen atoms in total. The van der Waals surface area contributed by atoms with Crippen LogP contribution >= 0.6 is 11.3 Å². The summed E-state index contributed by atoms with van der Waals surface area (Å²) in [6.07, 6.45) is 4.39. The van der Waals surface area contributed by atoms with Crippen LogP contribution in [0.4, 0.5) is 11.4 Å². The Morgan fingerprint density at radius 3 is 2.42 bits per heavy atom. The van der Waals surface area contributed by atoms with Gasteiger partial charge in [-0.05, 0) is 92.4 Å². The molecule has 1 aliphatic heterocycles. The zero-order valence-electron chi connectivity index (χ0n) is 27.7. The molecule has 6 rings (SSSR count). The van der Waals surface area contributed by atoms with E-state index in [1.807, 2.05) is 27.9 Å². The van der Waals surface area contributed by atoms with E-state index in [4.69, 9.17) is 10.5 Å². The van der Waals surface area contributed by atoms with Crippen LogP contribution in [-0.2, 0) is 17.8 Å². The lowest BCUT2D eigenvalue weighted by Gasteiger charge is -2.24. The quantitative estimate of drug-likeness (QED) is 0.109. The largest absolute Gasteiger partial charge is 0.482 e. The third kappa shape index (κ3) is 9.53. The zero-order chi connectivity index (χ0) is 34.9. The molecule has 0 saturated heterocycles. The van der Waals surface area contributed by atoms with E-state index in [-0.39, 0.29) is 42.3 Å². The molecule has 260 valence electrons. The molecule has 6 N–H and O–H groups in total. The van der Waals surface area contributed by atoms with Crippen LogP contribution in [0, 0.1) is 0 Å². The molecule has 1 aliphatic carbocycles.